The maximum absolute atomic E-state index is 11.0. The number of hydrogen-bond acceptors (Lipinski definition) is 4. The monoisotopic (exact) mass is 319 g/mol. The summed E-state index contributed by atoms with van der Waals surface area (Å²) in [5.41, 5.74) is 4.32. The predicted molar refractivity (Wildman–Crippen MR) is 90.0 cm³/mol. The van der Waals surface area contributed by atoms with Gasteiger partial charge in [-0.1, -0.05) is 6.07 Å². The lowest BCUT2D eigenvalue weighted by Crippen LogP contribution is -1.99. The highest BCUT2D eigenvalue weighted by atomic mass is 16.6. The highest BCUT2D eigenvalue weighted by Gasteiger charge is 2.12. The van der Waals surface area contributed by atoms with E-state index in [0.29, 0.717) is 5.69 Å². The Balaban J connectivity index is 1.77. The van der Waals surface area contributed by atoms with E-state index in [1.54, 1.807) is 23.1 Å². The quantitative estimate of drug-likeness (QED) is 0.461. The molecular formula is C17H13N5O2. The topological polar surface area (TPSA) is 89.6 Å². The minimum Gasteiger partial charge on any atom is -0.346 e. The lowest BCUT2D eigenvalue weighted by Gasteiger charge is -2.05. The first-order valence-corrected chi connectivity index (χ1v) is 7.35. The SMILES string of the molecule is Cc1ccc([N+](=O)[O-])cc1-n1cc(-c2cnc3[nH]ccc3c2)cn1. The molecule has 1 N–H and O–H groups in total. The molecule has 0 aliphatic heterocycles. The number of H-pyrrole nitrogens is 1. The largest absolute Gasteiger partial charge is 0.346 e. The van der Waals surface area contributed by atoms with E-state index in [0.717, 1.165) is 27.7 Å². The maximum atomic E-state index is 11.0. The van der Waals surface area contributed by atoms with Gasteiger partial charge in [0.15, 0.2) is 0 Å². The zero-order valence-electron chi connectivity index (χ0n) is 12.8. The Morgan fingerprint density at radius 3 is 2.88 bits per heavy atom. The molecule has 0 saturated heterocycles. The van der Waals surface area contributed by atoms with Crippen LogP contribution in [0.1, 0.15) is 5.56 Å². The molecule has 7 heteroatoms. The van der Waals surface area contributed by atoms with E-state index < -0.39 is 4.92 Å². The van der Waals surface area contributed by atoms with Crippen LogP contribution in [-0.2, 0) is 0 Å². The van der Waals surface area contributed by atoms with Gasteiger partial charge in [-0.3, -0.25) is 10.1 Å². The molecule has 4 rings (SSSR count). The Morgan fingerprint density at radius 1 is 1.17 bits per heavy atom. The number of benzene rings is 1. The third-order valence-corrected chi connectivity index (χ3v) is 3.97. The Bertz CT molecular complexity index is 1060. The first-order chi connectivity index (χ1) is 11.6. The molecule has 0 saturated carbocycles. The van der Waals surface area contributed by atoms with Crippen LogP contribution < -0.4 is 0 Å². The fraction of sp³-hybridized carbons (Fsp3) is 0.0588. The molecule has 4 aromatic rings. The van der Waals surface area contributed by atoms with Crippen LogP contribution in [0.5, 0.6) is 0 Å². The number of aromatic amines is 1. The van der Waals surface area contributed by atoms with Gasteiger partial charge in [-0.2, -0.15) is 5.10 Å². The van der Waals surface area contributed by atoms with Crippen molar-refractivity contribution < 1.29 is 4.92 Å². The highest BCUT2D eigenvalue weighted by Crippen LogP contribution is 2.25. The fourth-order valence-corrected chi connectivity index (χ4v) is 2.66. The van der Waals surface area contributed by atoms with Crippen molar-refractivity contribution in [1.29, 1.82) is 0 Å². The van der Waals surface area contributed by atoms with Crippen LogP contribution in [0.2, 0.25) is 0 Å². The summed E-state index contributed by atoms with van der Waals surface area (Å²) in [6.07, 6.45) is 7.20. The summed E-state index contributed by atoms with van der Waals surface area (Å²) in [5.74, 6) is 0. The lowest BCUT2D eigenvalue weighted by atomic mass is 10.1. The average Bonchev–Trinajstić information content (AvgIpc) is 3.23. The number of rotatable bonds is 3. The van der Waals surface area contributed by atoms with E-state index in [4.69, 9.17) is 0 Å². The van der Waals surface area contributed by atoms with Crippen LogP contribution in [0.15, 0.2) is 55.1 Å². The number of nitrogens with one attached hydrogen (secondary N) is 1. The van der Waals surface area contributed by atoms with Gasteiger partial charge in [0.25, 0.3) is 5.69 Å². The van der Waals surface area contributed by atoms with Gasteiger partial charge in [-0.25, -0.2) is 9.67 Å². The third kappa shape index (κ3) is 2.32. The maximum Gasteiger partial charge on any atom is 0.271 e. The smallest absolute Gasteiger partial charge is 0.271 e. The van der Waals surface area contributed by atoms with Gasteiger partial charge in [0.2, 0.25) is 0 Å². The number of non-ortho nitro benzene ring substituents is 1. The van der Waals surface area contributed by atoms with Crippen LogP contribution >= 0.6 is 0 Å². The van der Waals surface area contributed by atoms with Gasteiger partial charge in [-0.05, 0) is 24.6 Å². The minimum atomic E-state index is -0.406. The molecule has 1 aromatic carbocycles. The Morgan fingerprint density at radius 2 is 2.04 bits per heavy atom. The van der Waals surface area contributed by atoms with Crippen molar-refractivity contribution in [2.45, 2.75) is 6.92 Å². The molecule has 3 heterocycles. The lowest BCUT2D eigenvalue weighted by molar-refractivity contribution is -0.384. The zero-order chi connectivity index (χ0) is 16.7. The van der Waals surface area contributed by atoms with Crippen LogP contribution in [0.25, 0.3) is 27.8 Å². The average molecular weight is 319 g/mol. The Kier molecular flexibility index (Phi) is 3.13. The molecule has 118 valence electrons. The molecule has 0 unspecified atom stereocenters. The van der Waals surface area contributed by atoms with E-state index in [9.17, 15) is 10.1 Å². The second-order valence-corrected chi connectivity index (χ2v) is 5.54. The molecule has 0 radical (unpaired) electrons. The fourth-order valence-electron chi connectivity index (χ4n) is 2.66. The summed E-state index contributed by atoms with van der Waals surface area (Å²) in [7, 11) is 0. The number of pyridine rings is 1. The molecule has 7 nitrogen and oxygen atoms in total. The van der Waals surface area contributed by atoms with Gasteiger partial charge in [-0.15, -0.1) is 0 Å². The molecule has 0 aliphatic carbocycles. The first-order valence-electron chi connectivity index (χ1n) is 7.35. The van der Waals surface area contributed by atoms with Crippen molar-refractivity contribution in [3.8, 4) is 16.8 Å². The molecule has 24 heavy (non-hydrogen) atoms. The first kappa shape index (κ1) is 14.1. The highest BCUT2D eigenvalue weighted by molar-refractivity contribution is 5.81. The van der Waals surface area contributed by atoms with Crippen LogP contribution in [0.3, 0.4) is 0 Å². The number of nitrogens with zero attached hydrogens (tertiary/aromatic N) is 4. The van der Waals surface area contributed by atoms with Crippen molar-refractivity contribution in [2.75, 3.05) is 0 Å². The molecule has 0 aliphatic rings. The van der Waals surface area contributed by atoms with Gasteiger partial charge in [0.05, 0.1) is 16.8 Å². The standard InChI is InChI=1S/C17H13N5O2/c1-11-2-3-15(22(23)24)7-16(11)21-10-14(9-20-21)13-6-12-4-5-18-17(12)19-8-13/h2-10H,1H3,(H,18,19). The Hall–Kier alpha value is -3.48. The summed E-state index contributed by atoms with van der Waals surface area (Å²) >= 11 is 0. The van der Waals surface area contributed by atoms with E-state index in [2.05, 4.69) is 15.1 Å². The van der Waals surface area contributed by atoms with E-state index in [1.807, 2.05) is 31.5 Å². The summed E-state index contributed by atoms with van der Waals surface area (Å²) in [6, 6.07) is 8.73. The van der Waals surface area contributed by atoms with Crippen LogP contribution in [0, 0.1) is 17.0 Å². The number of aromatic nitrogens is 4. The minimum absolute atomic E-state index is 0.0445. The van der Waals surface area contributed by atoms with Gasteiger partial charge < -0.3 is 4.98 Å². The van der Waals surface area contributed by atoms with Crippen molar-refractivity contribution >= 4 is 16.7 Å². The van der Waals surface area contributed by atoms with Crippen molar-refractivity contribution in [2.24, 2.45) is 0 Å². The molecule has 0 spiro atoms. The van der Waals surface area contributed by atoms with Crippen LogP contribution in [0.4, 0.5) is 5.69 Å². The van der Waals surface area contributed by atoms with Gasteiger partial charge in [0.1, 0.15) is 5.65 Å². The summed E-state index contributed by atoms with van der Waals surface area (Å²) in [6.45, 7) is 1.90. The van der Waals surface area contributed by atoms with E-state index in [1.165, 1.54) is 12.1 Å². The molecule has 0 amide bonds. The van der Waals surface area contributed by atoms with E-state index >= 15 is 0 Å². The van der Waals surface area contributed by atoms with Crippen LogP contribution in [-0.4, -0.2) is 24.7 Å². The third-order valence-electron chi connectivity index (χ3n) is 3.97. The summed E-state index contributed by atoms with van der Waals surface area (Å²) < 4.78 is 1.65. The number of nitro groups is 1. The number of hydrogen-bond donors (Lipinski definition) is 1. The van der Waals surface area contributed by atoms with Crippen molar-refractivity contribution in [1.82, 2.24) is 19.7 Å². The summed E-state index contributed by atoms with van der Waals surface area (Å²) in [5, 5.41) is 16.4. The van der Waals surface area contributed by atoms with Gasteiger partial charge in [0, 0.05) is 47.2 Å². The van der Waals surface area contributed by atoms with E-state index in [-0.39, 0.29) is 5.69 Å². The summed E-state index contributed by atoms with van der Waals surface area (Å²) in [4.78, 5) is 18.0. The van der Waals surface area contributed by atoms with Gasteiger partial charge >= 0.3 is 0 Å². The molecule has 0 atom stereocenters. The Labute approximate surface area is 136 Å². The molecule has 0 bridgehead atoms. The molecular weight excluding hydrogens is 306 g/mol. The zero-order valence-corrected chi connectivity index (χ0v) is 12.8. The number of aryl methyl sites for hydroxylation is 1. The second-order valence-electron chi connectivity index (χ2n) is 5.54. The predicted octanol–water partition coefficient (Wildman–Crippen LogP) is 3.63. The molecule has 3 aromatic heterocycles. The normalized spacial score (nSPS) is 11.0. The number of fused-ring (bicyclic) bond motifs is 1. The number of nitro benzene ring substituents is 1. The van der Waals surface area contributed by atoms with Crippen molar-refractivity contribution in [3.63, 3.8) is 0 Å². The van der Waals surface area contributed by atoms with Crippen molar-refractivity contribution in [3.05, 3.63) is 70.8 Å². The molecule has 0 fully saturated rings. The second kappa shape index (κ2) is 5.31.